The van der Waals surface area contributed by atoms with Crippen molar-refractivity contribution >= 4 is 17.8 Å². The third-order valence-electron chi connectivity index (χ3n) is 3.99. The van der Waals surface area contributed by atoms with Gasteiger partial charge in [0.1, 0.15) is 0 Å². The summed E-state index contributed by atoms with van der Waals surface area (Å²) < 4.78 is 4.55. The summed E-state index contributed by atoms with van der Waals surface area (Å²) in [4.78, 5) is 16.3. The molecule has 4 nitrogen and oxygen atoms in total. The highest BCUT2D eigenvalue weighted by Gasteiger charge is 2.25. The van der Waals surface area contributed by atoms with E-state index >= 15 is 0 Å². The van der Waals surface area contributed by atoms with E-state index in [0.717, 1.165) is 24.1 Å². The smallest absolute Gasteiger partial charge is 0.346 e. The van der Waals surface area contributed by atoms with Crippen LogP contribution in [0.5, 0.6) is 0 Å². The van der Waals surface area contributed by atoms with E-state index in [2.05, 4.69) is 30.7 Å². The van der Waals surface area contributed by atoms with Crippen LogP contribution >= 0.6 is 0 Å². The van der Waals surface area contributed by atoms with E-state index in [-0.39, 0.29) is 12.0 Å². The summed E-state index contributed by atoms with van der Waals surface area (Å²) in [6.07, 6.45) is 5.83. The molecule has 0 fully saturated rings. The molecule has 0 bridgehead atoms. The molecular formula is C18H25NO3. The fourth-order valence-electron chi connectivity index (χ4n) is 1.91. The van der Waals surface area contributed by atoms with Crippen molar-refractivity contribution in [3.8, 4) is 0 Å². The number of carbonyl (C=O) groups is 1. The molecule has 1 aromatic rings. The predicted molar refractivity (Wildman–Crippen MR) is 89.6 cm³/mol. The highest BCUT2D eigenvalue weighted by Crippen LogP contribution is 2.28. The first-order valence-electron chi connectivity index (χ1n) is 7.56. The van der Waals surface area contributed by atoms with Gasteiger partial charge in [0.05, 0.1) is 12.8 Å². The minimum absolute atomic E-state index is 0.0958. The molecule has 0 spiro atoms. The highest BCUT2D eigenvalue weighted by molar-refractivity contribution is 6.02. The predicted octanol–water partition coefficient (Wildman–Crippen LogP) is 4.07. The standard InChI is InChI=1S/C18H25NO3/c1-5-18(3,6-2)16(19-22-14-17(20)21-4)13-12-15-10-8-7-9-11-15/h7-13H,5-6,14H2,1-4H3/b13-12+,19-16+. The Labute approximate surface area is 132 Å². The largest absolute Gasteiger partial charge is 0.466 e. The first-order chi connectivity index (χ1) is 10.6. The molecule has 0 N–H and O–H groups in total. The minimum Gasteiger partial charge on any atom is -0.466 e. The number of rotatable bonds is 8. The van der Waals surface area contributed by atoms with Gasteiger partial charge in [0.25, 0.3) is 0 Å². The number of nitrogens with zero attached hydrogens (tertiary/aromatic N) is 1. The van der Waals surface area contributed by atoms with Crippen LogP contribution in [0.3, 0.4) is 0 Å². The lowest BCUT2D eigenvalue weighted by Crippen LogP contribution is -2.25. The van der Waals surface area contributed by atoms with E-state index in [1.54, 1.807) is 0 Å². The quantitative estimate of drug-likeness (QED) is 0.413. The van der Waals surface area contributed by atoms with E-state index in [9.17, 15) is 4.79 Å². The molecule has 0 saturated heterocycles. The van der Waals surface area contributed by atoms with Gasteiger partial charge in [-0.3, -0.25) is 0 Å². The van der Waals surface area contributed by atoms with Crippen LogP contribution in [0.2, 0.25) is 0 Å². The Bertz CT molecular complexity index is 516. The SMILES string of the molecule is CCC(C)(CC)C(/C=C/c1ccccc1)=N/OCC(=O)OC. The van der Waals surface area contributed by atoms with Gasteiger partial charge in [-0.1, -0.05) is 62.3 Å². The lowest BCUT2D eigenvalue weighted by molar-refractivity contribution is -0.145. The average molecular weight is 303 g/mol. The van der Waals surface area contributed by atoms with Crippen LogP contribution in [0.15, 0.2) is 41.6 Å². The molecule has 1 aromatic carbocycles. The van der Waals surface area contributed by atoms with Crippen molar-refractivity contribution in [3.05, 3.63) is 42.0 Å². The molecule has 120 valence electrons. The van der Waals surface area contributed by atoms with Gasteiger partial charge >= 0.3 is 5.97 Å². The zero-order chi connectivity index (χ0) is 16.4. The maximum Gasteiger partial charge on any atom is 0.346 e. The summed E-state index contributed by atoms with van der Waals surface area (Å²) in [7, 11) is 1.33. The molecule has 0 aliphatic carbocycles. The molecule has 0 aromatic heterocycles. The number of hydrogen-bond acceptors (Lipinski definition) is 4. The Morgan fingerprint density at radius 2 is 1.86 bits per heavy atom. The van der Waals surface area contributed by atoms with E-state index in [1.807, 2.05) is 42.5 Å². The van der Waals surface area contributed by atoms with Gasteiger partial charge in [0.2, 0.25) is 6.61 Å². The lowest BCUT2D eigenvalue weighted by atomic mass is 9.79. The second kappa shape index (κ2) is 9.03. The minimum atomic E-state index is -0.440. The molecule has 0 amide bonds. The second-order valence-corrected chi connectivity index (χ2v) is 5.34. The van der Waals surface area contributed by atoms with E-state index < -0.39 is 5.97 Å². The molecule has 0 heterocycles. The second-order valence-electron chi connectivity index (χ2n) is 5.34. The molecule has 0 unspecified atom stereocenters. The first kappa shape index (κ1) is 18.0. The van der Waals surface area contributed by atoms with Crippen LogP contribution in [0.1, 0.15) is 39.2 Å². The fourth-order valence-corrected chi connectivity index (χ4v) is 1.91. The van der Waals surface area contributed by atoms with Crippen molar-refractivity contribution in [1.82, 2.24) is 0 Å². The first-order valence-corrected chi connectivity index (χ1v) is 7.56. The van der Waals surface area contributed by atoms with Gasteiger partial charge in [-0.25, -0.2) is 4.79 Å². The molecule has 0 atom stereocenters. The average Bonchev–Trinajstić information content (AvgIpc) is 2.57. The molecule has 22 heavy (non-hydrogen) atoms. The summed E-state index contributed by atoms with van der Waals surface area (Å²) in [5.41, 5.74) is 1.82. The maximum absolute atomic E-state index is 11.1. The molecule has 0 radical (unpaired) electrons. The van der Waals surface area contributed by atoms with E-state index in [1.165, 1.54) is 7.11 Å². The van der Waals surface area contributed by atoms with Gasteiger partial charge in [0.15, 0.2) is 0 Å². The Morgan fingerprint density at radius 3 is 2.41 bits per heavy atom. The van der Waals surface area contributed by atoms with E-state index in [4.69, 9.17) is 4.84 Å². The zero-order valence-electron chi connectivity index (χ0n) is 13.8. The van der Waals surface area contributed by atoms with Crippen molar-refractivity contribution in [2.75, 3.05) is 13.7 Å². The Hall–Kier alpha value is -2.10. The van der Waals surface area contributed by atoms with Crippen LogP contribution in [0.25, 0.3) is 6.08 Å². The van der Waals surface area contributed by atoms with Crippen molar-refractivity contribution in [3.63, 3.8) is 0 Å². The summed E-state index contributed by atoms with van der Waals surface area (Å²) in [5.74, 6) is -0.440. The lowest BCUT2D eigenvalue weighted by Gasteiger charge is -2.26. The molecule has 0 aliphatic heterocycles. The number of esters is 1. The van der Waals surface area contributed by atoms with Crippen LogP contribution < -0.4 is 0 Å². The molecule has 1 rings (SSSR count). The molecule has 0 aliphatic rings. The number of carbonyl (C=O) groups excluding carboxylic acids is 1. The summed E-state index contributed by atoms with van der Waals surface area (Å²) >= 11 is 0. The van der Waals surface area contributed by atoms with Crippen LogP contribution in [-0.2, 0) is 14.4 Å². The van der Waals surface area contributed by atoms with Crippen molar-refractivity contribution in [2.45, 2.75) is 33.6 Å². The third-order valence-corrected chi connectivity index (χ3v) is 3.99. The van der Waals surface area contributed by atoms with Crippen LogP contribution in [0, 0.1) is 5.41 Å². The maximum atomic E-state index is 11.1. The Balaban J connectivity index is 2.93. The van der Waals surface area contributed by atoms with Gasteiger partial charge in [-0.15, -0.1) is 0 Å². The topological polar surface area (TPSA) is 47.9 Å². The van der Waals surface area contributed by atoms with Gasteiger partial charge in [-0.05, 0) is 24.5 Å². The highest BCUT2D eigenvalue weighted by atomic mass is 16.6. The molecule has 4 heteroatoms. The number of ether oxygens (including phenoxy) is 1. The normalized spacial score (nSPS) is 12.5. The van der Waals surface area contributed by atoms with Gasteiger partial charge < -0.3 is 9.57 Å². The van der Waals surface area contributed by atoms with E-state index in [0.29, 0.717) is 0 Å². The number of benzene rings is 1. The van der Waals surface area contributed by atoms with Crippen LogP contribution in [-0.4, -0.2) is 25.4 Å². The van der Waals surface area contributed by atoms with Gasteiger partial charge in [0, 0.05) is 5.41 Å². The Kier molecular flexibility index (Phi) is 7.37. The fraction of sp³-hybridized carbons (Fsp3) is 0.444. The van der Waals surface area contributed by atoms with Gasteiger partial charge in [-0.2, -0.15) is 0 Å². The zero-order valence-corrected chi connectivity index (χ0v) is 13.8. The van der Waals surface area contributed by atoms with Crippen molar-refractivity contribution in [1.29, 1.82) is 0 Å². The number of hydrogen-bond donors (Lipinski definition) is 0. The van der Waals surface area contributed by atoms with Crippen molar-refractivity contribution in [2.24, 2.45) is 10.6 Å². The monoisotopic (exact) mass is 303 g/mol. The summed E-state index contributed by atoms with van der Waals surface area (Å²) in [6, 6.07) is 10.0. The summed E-state index contributed by atoms with van der Waals surface area (Å²) in [5, 5.41) is 4.17. The number of oxime groups is 1. The number of allylic oxidation sites excluding steroid dienone is 1. The van der Waals surface area contributed by atoms with Crippen molar-refractivity contribution < 1.29 is 14.4 Å². The molecular weight excluding hydrogens is 278 g/mol. The Morgan fingerprint density at radius 1 is 1.23 bits per heavy atom. The third kappa shape index (κ3) is 5.35. The summed E-state index contributed by atoms with van der Waals surface area (Å²) in [6.45, 7) is 6.21. The number of methoxy groups -OCH3 is 1. The molecule has 0 saturated carbocycles. The van der Waals surface area contributed by atoms with Crippen LogP contribution in [0.4, 0.5) is 0 Å².